The van der Waals surface area contributed by atoms with Crippen molar-refractivity contribution in [1.82, 2.24) is 4.98 Å². The monoisotopic (exact) mass is 355 g/mol. The Kier molecular flexibility index (Phi) is 9.72. The van der Waals surface area contributed by atoms with Gasteiger partial charge >= 0.3 is 5.97 Å². The molecule has 1 unspecified atom stereocenters. The third kappa shape index (κ3) is 6.65. The quantitative estimate of drug-likeness (QED) is 0.525. The minimum atomic E-state index is -0.466. The lowest BCUT2D eigenvalue weighted by Gasteiger charge is -2.17. The molecule has 136 valence electrons. The molecule has 24 heavy (non-hydrogen) atoms. The molecule has 2 heterocycles. The number of hydrogen-bond acceptors (Lipinski definition) is 5. The zero-order chi connectivity index (χ0) is 16.5. The van der Waals surface area contributed by atoms with Crippen LogP contribution in [-0.4, -0.2) is 30.6 Å². The van der Waals surface area contributed by atoms with Gasteiger partial charge in [0, 0.05) is 12.2 Å². The summed E-state index contributed by atoms with van der Waals surface area (Å²) in [6, 6.07) is 3.92. The number of nitrogens with zero attached hydrogens (tertiary/aromatic N) is 1. The Morgan fingerprint density at radius 2 is 2.04 bits per heavy atom. The Morgan fingerprint density at radius 3 is 2.83 bits per heavy atom. The SMILES string of the molecule is COC(=O)C(N)CCCCCCCc1ccc2c(n1)NCCC2.Cl. The molecule has 0 saturated heterocycles. The number of pyridine rings is 1. The lowest BCUT2D eigenvalue weighted by atomic mass is 10.0. The first-order chi connectivity index (χ1) is 11.2. The van der Waals surface area contributed by atoms with Crippen molar-refractivity contribution in [2.24, 2.45) is 5.73 Å². The molecule has 0 radical (unpaired) electrons. The van der Waals surface area contributed by atoms with Gasteiger partial charge in [-0.2, -0.15) is 0 Å². The van der Waals surface area contributed by atoms with Crippen molar-refractivity contribution >= 4 is 24.2 Å². The first-order valence-electron chi connectivity index (χ1n) is 8.77. The van der Waals surface area contributed by atoms with Crippen molar-refractivity contribution in [2.45, 2.75) is 63.8 Å². The van der Waals surface area contributed by atoms with Crippen LogP contribution in [-0.2, 0) is 22.4 Å². The number of anilines is 1. The second-order valence-electron chi connectivity index (χ2n) is 6.28. The normalized spacial score (nSPS) is 14.1. The van der Waals surface area contributed by atoms with E-state index in [4.69, 9.17) is 10.7 Å². The molecular weight excluding hydrogens is 326 g/mol. The van der Waals surface area contributed by atoms with Gasteiger partial charge in [0.2, 0.25) is 0 Å². The van der Waals surface area contributed by atoms with Crippen LogP contribution >= 0.6 is 12.4 Å². The summed E-state index contributed by atoms with van der Waals surface area (Å²) in [4.78, 5) is 15.9. The fourth-order valence-electron chi connectivity index (χ4n) is 2.98. The molecule has 0 bridgehead atoms. The summed E-state index contributed by atoms with van der Waals surface area (Å²) < 4.78 is 4.62. The van der Waals surface area contributed by atoms with Gasteiger partial charge in [0.05, 0.1) is 7.11 Å². The van der Waals surface area contributed by atoms with Crippen LogP contribution in [0.5, 0.6) is 0 Å². The predicted molar refractivity (Wildman–Crippen MR) is 99.7 cm³/mol. The van der Waals surface area contributed by atoms with Crippen molar-refractivity contribution < 1.29 is 9.53 Å². The fourth-order valence-corrected chi connectivity index (χ4v) is 2.98. The molecule has 1 aliphatic heterocycles. The zero-order valence-corrected chi connectivity index (χ0v) is 15.4. The first-order valence-corrected chi connectivity index (χ1v) is 8.77. The number of carbonyl (C=O) groups is 1. The molecule has 1 atom stereocenters. The number of nitrogens with one attached hydrogen (secondary N) is 1. The number of carbonyl (C=O) groups excluding carboxylic acids is 1. The number of halogens is 1. The molecule has 1 aromatic rings. The van der Waals surface area contributed by atoms with Crippen LogP contribution in [0.15, 0.2) is 12.1 Å². The number of aryl methyl sites for hydroxylation is 2. The van der Waals surface area contributed by atoms with Gasteiger partial charge in [-0.1, -0.05) is 31.7 Å². The fraction of sp³-hybridized carbons (Fsp3) is 0.667. The number of hydrogen-bond donors (Lipinski definition) is 2. The maximum Gasteiger partial charge on any atom is 0.322 e. The van der Waals surface area contributed by atoms with Crippen LogP contribution in [0, 0.1) is 0 Å². The second kappa shape index (κ2) is 11.3. The third-order valence-electron chi connectivity index (χ3n) is 4.40. The standard InChI is InChI=1S/C18H29N3O2.ClH/c1-23-18(22)16(19)10-6-4-2-3-5-9-15-12-11-14-8-7-13-20-17(14)21-15;/h11-12,16H,2-10,13,19H2,1H3,(H,20,21);1H. The number of ether oxygens (including phenoxy) is 1. The summed E-state index contributed by atoms with van der Waals surface area (Å²) in [6.07, 6.45) is 9.73. The van der Waals surface area contributed by atoms with Crippen molar-refractivity contribution in [3.05, 3.63) is 23.4 Å². The van der Waals surface area contributed by atoms with E-state index in [0.717, 1.165) is 44.5 Å². The molecule has 0 amide bonds. The highest BCUT2D eigenvalue weighted by Crippen LogP contribution is 2.20. The average molecular weight is 356 g/mol. The summed E-state index contributed by atoms with van der Waals surface area (Å²) in [6.45, 7) is 1.04. The summed E-state index contributed by atoms with van der Waals surface area (Å²) in [5.74, 6) is 0.780. The van der Waals surface area contributed by atoms with E-state index in [1.807, 2.05) is 0 Å². The van der Waals surface area contributed by atoms with Crippen LogP contribution in [0.4, 0.5) is 5.82 Å². The molecule has 0 aromatic carbocycles. The highest BCUT2D eigenvalue weighted by atomic mass is 35.5. The molecule has 6 heteroatoms. The zero-order valence-electron chi connectivity index (χ0n) is 14.6. The van der Waals surface area contributed by atoms with Gasteiger partial charge in [-0.15, -0.1) is 12.4 Å². The second-order valence-corrected chi connectivity index (χ2v) is 6.28. The minimum Gasteiger partial charge on any atom is -0.468 e. The molecular formula is C18H30ClN3O2. The molecule has 0 fully saturated rings. The van der Waals surface area contributed by atoms with Gasteiger partial charge in [-0.3, -0.25) is 4.79 Å². The van der Waals surface area contributed by atoms with Gasteiger partial charge in [-0.25, -0.2) is 4.98 Å². The van der Waals surface area contributed by atoms with Crippen molar-refractivity contribution in [2.75, 3.05) is 19.0 Å². The summed E-state index contributed by atoms with van der Waals surface area (Å²) in [5.41, 5.74) is 8.25. The maximum atomic E-state index is 11.2. The summed E-state index contributed by atoms with van der Waals surface area (Å²) in [5, 5.41) is 3.39. The summed E-state index contributed by atoms with van der Waals surface area (Å²) in [7, 11) is 1.38. The Hall–Kier alpha value is -1.33. The van der Waals surface area contributed by atoms with Crippen molar-refractivity contribution in [3.8, 4) is 0 Å². The molecule has 1 aromatic heterocycles. The van der Waals surface area contributed by atoms with Crippen LogP contribution in [0.3, 0.4) is 0 Å². The van der Waals surface area contributed by atoms with Crippen molar-refractivity contribution in [1.29, 1.82) is 0 Å². The van der Waals surface area contributed by atoms with E-state index < -0.39 is 6.04 Å². The van der Waals surface area contributed by atoms with E-state index in [-0.39, 0.29) is 18.4 Å². The summed E-state index contributed by atoms with van der Waals surface area (Å²) >= 11 is 0. The predicted octanol–water partition coefficient (Wildman–Crippen LogP) is 3.24. The largest absolute Gasteiger partial charge is 0.468 e. The first kappa shape index (κ1) is 20.7. The van der Waals surface area contributed by atoms with E-state index in [1.165, 1.54) is 37.6 Å². The van der Waals surface area contributed by atoms with Crippen LogP contribution < -0.4 is 11.1 Å². The van der Waals surface area contributed by atoms with Gasteiger partial charge in [0.15, 0.2) is 0 Å². The smallest absolute Gasteiger partial charge is 0.322 e. The molecule has 0 aliphatic carbocycles. The lowest BCUT2D eigenvalue weighted by molar-refractivity contribution is -0.142. The van der Waals surface area contributed by atoms with Crippen LogP contribution in [0.1, 0.15) is 56.2 Å². The van der Waals surface area contributed by atoms with Crippen molar-refractivity contribution in [3.63, 3.8) is 0 Å². The molecule has 1 aliphatic rings. The number of fused-ring (bicyclic) bond motifs is 1. The molecule has 0 spiro atoms. The topological polar surface area (TPSA) is 77.2 Å². The number of rotatable bonds is 9. The van der Waals surface area contributed by atoms with E-state index in [2.05, 4.69) is 22.2 Å². The number of unbranched alkanes of at least 4 members (excludes halogenated alkanes) is 4. The van der Waals surface area contributed by atoms with Gasteiger partial charge < -0.3 is 15.8 Å². The maximum absolute atomic E-state index is 11.2. The number of aromatic nitrogens is 1. The average Bonchev–Trinajstić information content (AvgIpc) is 2.59. The molecule has 0 saturated carbocycles. The van der Waals surface area contributed by atoms with E-state index in [9.17, 15) is 4.79 Å². The molecule has 5 nitrogen and oxygen atoms in total. The highest BCUT2D eigenvalue weighted by molar-refractivity contribution is 5.85. The van der Waals surface area contributed by atoms with E-state index in [1.54, 1.807) is 0 Å². The number of nitrogens with two attached hydrogens (primary N) is 1. The molecule has 3 N–H and O–H groups in total. The lowest BCUT2D eigenvalue weighted by Crippen LogP contribution is -2.31. The Balaban J connectivity index is 0.00000288. The Bertz CT molecular complexity index is 511. The molecule has 2 rings (SSSR count). The van der Waals surface area contributed by atoms with E-state index >= 15 is 0 Å². The highest BCUT2D eigenvalue weighted by Gasteiger charge is 2.12. The van der Waals surface area contributed by atoms with Crippen LogP contribution in [0.2, 0.25) is 0 Å². The number of esters is 1. The Morgan fingerprint density at radius 1 is 1.29 bits per heavy atom. The Labute approximate surface area is 151 Å². The number of methoxy groups -OCH3 is 1. The van der Waals surface area contributed by atoms with E-state index in [0.29, 0.717) is 6.42 Å². The minimum absolute atomic E-state index is 0. The third-order valence-corrected chi connectivity index (χ3v) is 4.40. The van der Waals surface area contributed by atoms with Crippen LogP contribution in [0.25, 0.3) is 0 Å². The van der Waals surface area contributed by atoms with Gasteiger partial charge in [-0.05, 0) is 43.7 Å². The van der Waals surface area contributed by atoms with Gasteiger partial charge in [0.25, 0.3) is 0 Å². The van der Waals surface area contributed by atoms with Gasteiger partial charge in [0.1, 0.15) is 11.9 Å².